The second-order valence-electron chi connectivity index (χ2n) is 7.46. The van der Waals surface area contributed by atoms with Crippen LogP contribution in [0.15, 0.2) is 55.0 Å². The fourth-order valence-electron chi connectivity index (χ4n) is 3.53. The molecule has 2 N–H and O–H groups in total. The van der Waals surface area contributed by atoms with Gasteiger partial charge in [0.2, 0.25) is 5.95 Å². The maximum Gasteiger partial charge on any atom is 0.237 e. The molecule has 0 saturated carbocycles. The van der Waals surface area contributed by atoms with Crippen molar-refractivity contribution in [2.24, 2.45) is 0 Å². The van der Waals surface area contributed by atoms with Gasteiger partial charge in [0.25, 0.3) is 0 Å². The first-order chi connectivity index (χ1) is 15.7. The lowest BCUT2D eigenvalue weighted by Crippen LogP contribution is -2.03. The van der Waals surface area contributed by atoms with Crippen molar-refractivity contribution in [1.82, 2.24) is 29.5 Å². The Kier molecular flexibility index (Phi) is 5.47. The minimum atomic E-state index is -0.355. The number of phenols is 1. The van der Waals surface area contributed by atoms with Crippen LogP contribution in [0.5, 0.6) is 5.75 Å². The van der Waals surface area contributed by atoms with Gasteiger partial charge >= 0.3 is 0 Å². The number of hydrogen-bond donors (Lipinski definition) is 2. The topological polar surface area (TPSA) is 102 Å². The molecule has 162 valence electrons. The average molecular weight is 432 g/mol. The number of H-pyrrole nitrogens is 1. The van der Waals surface area contributed by atoms with Gasteiger partial charge in [0.05, 0.1) is 17.2 Å². The highest BCUT2D eigenvalue weighted by Crippen LogP contribution is 2.23. The first kappa shape index (κ1) is 20.1. The highest BCUT2D eigenvalue weighted by molar-refractivity contribution is 5.78. The van der Waals surface area contributed by atoms with E-state index in [1.807, 2.05) is 6.07 Å². The van der Waals surface area contributed by atoms with Crippen molar-refractivity contribution >= 4 is 22.2 Å². The molecule has 6 rings (SSSR count). The van der Waals surface area contributed by atoms with Gasteiger partial charge in [-0.2, -0.15) is 4.98 Å². The first-order valence-electron chi connectivity index (χ1n) is 10.4. The van der Waals surface area contributed by atoms with Gasteiger partial charge in [0, 0.05) is 24.8 Å². The van der Waals surface area contributed by atoms with Crippen LogP contribution in [0.4, 0.5) is 4.39 Å². The van der Waals surface area contributed by atoms with Crippen LogP contribution in [0.1, 0.15) is 19.3 Å². The lowest BCUT2D eigenvalue weighted by molar-refractivity contribution is 0.0968. The number of phenolic OH excluding ortho intramolecular Hbond substituents is 1. The summed E-state index contributed by atoms with van der Waals surface area (Å²) in [5.41, 5.74) is 3.08. The van der Waals surface area contributed by atoms with Gasteiger partial charge < -0.3 is 14.8 Å². The number of imidazole rings is 2. The third-order valence-electron chi connectivity index (χ3n) is 5.15. The zero-order valence-corrected chi connectivity index (χ0v) is 17.2. The molecule has 1 aliphatic heterocycles. The summed E-state index contributed by atoms with van der Waals surface area (Å²) in [6.07, 6.45) is 7.09. The van der Waals surface area contributed by atoms with Crippen LogP contribution in [0.25, 0.3) is 39.5 Å². The molecule has 1 fully saturated rings. The SMILES string of the molecule is C1CCOCC1.Oc1cccc(-c2nc3nc(-n4cnc5ccc(F)cc54)ncc3[nH]2)c1. The molecule has 0 radical (unpaired) electrons. The summed E-state index contributed by atoms with van der Waals surface area (Å²) in [6.45, 7) is 2.00. The number of hydrogen-bond acceptors (Lipinski definition) is 6. The number of nitrogens with zero attached hydrogens (tertiary/aromatic N) is 5. The van der Waals surface area contributed by atoms with E-state index in [1.54, 1.807) is 41.4 Å². The molecule has 0 amide bonds. The second kappa shape index (κ2) is 8.72. The Morgan fingerprint density at radius 3 is 2.62 bits per heavy atom. The predicted molar refractivity (Wildman–Crippen MR) is 118 cm³/mol. The van der Waals surface area contributed by atoms with Crippen LogP contribution in [-0.2, 0) is 4.74 Å². The molecule has 0 bridgehead atoms. The molecule has 9 heteroatoms. The highest BCUT2D eigenvalue weighted by atomic mass is 19.1. The summed E-state index contributed by atoms with van der Waals surface area (Å²) in [5, 5.41) is 9.63. The summed E-state index contributed by atoms with van der Waals surface area (Å²) >= 11 is 0. The Hall–Kier alpha value is -3.85. The predicted octanol–water partition coefficient (Wildman–Crippen LogP) is 4.39. The Bertz CT molecular complexity index is 1360. The Labute approximate surface area is 182 Å². The molecule has 32 heavy (non-hydrogen) atoms. The fourth-order valence-corrected chi connectivity index (χ4v) is 3.53. The van der Waals surface area contributed by atoms with E-state index in [1.165, 1.54) is 31.4 Å². The van der Waals surface area contributed by atoms with Crippen LogP contribution in [0.2, 0.25) is 0 Å². The van der Waals surface area contributed by atoms with E-state index < -0.39 is 0 Å². The molecule has 8 nitrogen and oxygen atoms in total. The van der Waals surface area contributed by atoms with Crippen molar-refractivity contribution in [3.05, 3.63) is 60.8 Å². The van der Waals surface area contributed by atoms with Crippen LogP contribution in [0.3, 0.4) is 0 Å². The van der Waals surface area contributed by atoms with Crippen LogP contribution >= 0.6 is 0 Å². The molecule has 2 aromatic carbocycles. The largest absolute Gasteiger partial charge is 0.508 e. The minimum absolute atomic E-state index is 0.154. The molecular weight excluding hydrogens is 411 g/mol. The number of benzene rings is 2. The quantitative estimate of drug-likeness (QED) is 0.429. The molecule has 1 saturated heterocycles. The van der Waals surface area contributed by atoms with E-state index in [0.717, 1.165) is 18.8 Å². The molecule has 0 aliphatic carbocycles. The van der Waals surface area contributed by atoms with Crippen molar-refractivity contribution in [3.63, 3.8) is 0 Å². The number of ether oxygens (including phenoxy) is 1. The third-order valence-corrected chi connectivity index (χ3v) is 5.15. The summed E-state index contributed by atoms with van der Waals surface area (Å²) in [7, 11) is 0. The maximum absolute atomic E-state index is 13.6. The molecule has 1 aliphatic rings. The normalized spacial score (nSPS) is 13.8. The molecule has 5 aromatic rings. The van der Waals surface area contributed by atoms with Gasteiger partial charge in [0.15, 0.2) is 5.65 Å². The minimum Gasteiger partial charge on any atom is -0.508 e. The average Bonchev–Trinajstić information content (AvgIpc) is 3.44. The maximum atomic E-state index is 13.6. The third kappa shape index (κ3) is 4.15. The monoisotopic (exact) mass is 432 g/mol. The van der Waals surface area contributed by atoms with Crippen LogP contribution in [-0.4, -0.2) is 47.8 Å². The smallest absolute Gasteiger partial charge is 0.237 e. The number of rotatable bonds is 2. The van der Waals surface area contributed by atoms with Crippen molar-refractivity contribution in [3.8, 4) is 23.1 Å². The van der Waals surface area contributed by atoms with Crippen LogP contribution in [0, 0.1) is 5.82 Å². The number of fused-ring (bicyclic) bond motifs is 2. The fraction of sp³-hybridized carbons (Fsp3) is 0.217. The second-order valence-corrected chi connectivity index (χ2v) is 7.46. The van der Waals surface area contributed by atoms with E-state index in [9.17, 15) is 9.50 Å². The highest BCUT2D eigenvalue weighted by Gasteiger charge is 2.12. The molecule has 0 atom stereocenters. The molecule has 4 heterocycles. The lowest BCUT2D eigenvalue weighted by Gasteiger charge is -2.08. The van der Waals surface area contributed by atoms with Crippen molar-refractivity contribution in [2.45, 2.75) is 19.3 Å². The number of halogens is 1. The molecular formula is C23H21FN6O2. The summed E-state index contributed by atoms with van der Waals surface area (Å²) in [5.74, 6) is 0.719. The van der Waals surface area contributed by atoms with Crippen molar-refractivity contribution in [1.29, 1.82) is 0 Å². The standard InChI is InChI=1S/C18H11FN6O.C5H10O/c19-11-4-5-13-15(7-11)25(9-21-13)18-20-8-14-17(24-18)23-16(22-14)10-2-1-3-12(26)6-10;1-2-4-6-5-3-1/h1-9,26H,(H,20,22,23,24);1-5H2. The number of aromatic amines is 1. The lowest BCUT2D eigenvalue weighted by atomic mass is 10.2. The zero-order valence-electron chi connectivity index (χ0n) is 17.2. The zero-order chi connectivity index (χ0) is 21.9. The first-order valence-corrected chi connectivity index (χ1v) is 10.4. The van der Waals surface area contributed by atoms with Gasteiger partial charge in [-0.25, -0.2) is 19.3 Å². The number of aromatic nitrogens is 6. The number of nitrogens with one attached hydrogen (secondary N) is 1. The Morgan fingerprint density at radius 2 is 1.88 bits per heavy atom. The van der Waals surface area contributed by atoms with E-state index in [0.29, 0.717) is 34.0 Å². The van der Waals surface area contributed by atoms with Gasteiger partial charge in [-0.15, -0.1) is 0 Å². The Balaban J connectivity index is 0.000000314. The van der Waals surface area contributed by atoms with Crippen LogP contribution < -0.4 is 0 Å². The summed E-state index contributed by atoms with van der Waals surface area (Å²) in [4.78, 5) is 20.6. The molecule has 0 unspecified atom stereocenters. The van der Waals surface area contributed by atoms with Gasteiger partial charge in [-0.05, 0) is 43.5 Å². The Morgan fingerprint density at radius 1 is 1.00 bits per heavy atom. The molecule has 3 aromatic heterocycles. The van der Waals surface area contributed by atoms with E-state index >= 15 is 0 Å². The number of aromatic hydroxyl groups is 1. The summed E-state index contributed by atoms with van der Waals surface area (Å²) in [6, 6.07) is 11.1. The van der Waals surface area contributed by atoms with Crippen molar-refractivity contribution < 1.29 is 14.2 Å². The van der Waals surface area contributed by atoms with Gasteiger partial charge in [0.1, 0.15) is 29.2 Å². The van der Waals surface area contributed by atoms with E-state index in [4.69, 9.17) is 4.74 Å². The van der Waals surface area contributed by atoms with Gasteiger partial charge in [-0.3, -0.25) is 4.57 Å². The van der Waals surface area contributed by atoms with Crippen molar-refractivity contribution in [2.75, 3.05) is 13.2 Å². The van der Waals surface area contributed by atoms with Gasteiger partial charge in [-0.1, -0.05) is 12.1 Å². The molecule has 0 spiro atoms. The van der Waals surface area contributed by atoms with E-state index in [-0.39, 0.29) is 11.6 Å². The summed E-state index contributed by atoms with van der Waals surface area (Å²) < 4.78 is 20.2. The van der Waals surface area contributed by atoms with E-state index in [2.05, 4.69) is 24.9 Å².